The SMILES string of the molecule is O=C(O)CCN(Cc1ccc(F)cc1)Cc1cccnc1. The zero-order valence-corrected chi connectivity index (χ0v) is 11.6. The van der Waals surface area contributed by atoms with Gasteiger partial charge in [-0.1, -0.05) is 18.2 Å². The van der Waals surface area contributed by atoms with Gasteiger partial charge in [0, 0.05) is 32.0 Å². The molecule has 0 aliphatic heterocycles. The van der Waals surface area contributed by atoms with E-state index in [2.05, 4.69) is 4.98 Å². The summed E-state index contributed by atoms with van der Waals surface area (Å²) in [5.41, 5.74) is 1.97. The van der Waals surface area contributed by atoms with Gasteiger partial charge in [0.05, 0.1) is 6.42 Å². The molecule has 2 aromatic rings. The van der Waals surface area contributed by atoms with Crippen molar-refractivity contribution in [2.45, 2.75) is 19.5 Å². The zero-order valence-electron chi connectivity index (χ0n) is 11.6. The van der Waals surface area contributed by atoms with Crippen molar-refractivity contribution in [3.05, 3.63) is 65.7 Å². The number of carboxylic acid groups (broad SMARTS) is 1. The lowest BCUT2D eigenvalue weighted by Gasteiger charge is -2.21. The van der Waals surface area contributed by atoms with Crippen molar-refractivity contribution < 1.29 is 14.3 Å². The summed E-state index contributed by atoms with van der Waals surface area (Å²) in [5, 5.41) is 8.84. The predicted molar refractivity (Wildman–Crippen MR) is 77.0 cm³/mol. The number of aromatic nitrogens is 1. The summed E-state index contributed by atoms with van der Waals surface area (Å²) in [6.07, 6.45) is 3.53. The molecule has 1 aromatic heterocycles. The fourth-order valence-corrected chi connectivity index (χ4v) is 2.07. The molecule has 0 atom stereocenters. The van der Waals surface area contributed by atoms with E-state index in [4.69, 9.17) is 5.11 Å². The lowest BCUT2D eigenvalue weighted by atomic mass is 10.2. The largest absolute Gasteiger partial charge is 0.481 e. The highest BCUT2D eigenvalue weighted by atomic mass is 19.1. The van der Waals surface area contributed by atoms with Gasteiger partial charge in [0.25, 0.3) is 0 Å². The third-order valence-corrected chi connectivity index (χ3v) is 3.09. The van der Waals surface area contributed by atoms with E-state index < -0.39 is 5.97 Å². The van der Waals surface area contributed by atoms with Crippen molar-refractivity contribution in [1.29, 1.82) is 0 Å². The van der Waals surface area contributed by atoms with Crippen LogP contribution in [0.2, 0.25) is 0 Å². The molecule has 110 valence electrons. The molecule has 0 aliphatic carbocycles. The van der Waals surface area contributed by atoms with Gasteiger partial charge >= 0.3 is 5.97 Å². The van der Waals surface area contributed by atoms with E-state index >= 15 is 0 Å². The van der Waals surface area contributed by atoms with Gasteiger partial charge in [-0.25, -0.2) is 4.39 Å². The fourth-order valence-electron chi connectivity index (χ4n) is 2.07. The maximum atomic E-state index is 12.9. The van der Waals surface area contributed by atoms with Gasteiger partial charge in [0.15, 0.2) is 0 Å². The average Bonchev–Trinajstić information content (AvgIpc) is 2.48. The van der Waals surface area contributed by atoms with Gasteiger partial charge in [0.1, 0.15) is 5.82 Å². The summed E-state index contributed by atoms with van der Waals surface area (Å²) in [6, 6.07) is 10.1. The molecule has 0 fully saturated rings. The first-order chi connectivity index (χ1) is 10.1. The summed E-state index contributed by atoms with van der Waals surface area (Å²) in [5.74, 6) is -1.10. The minimum absolute atomic E-state index is 0.0709. The molecule has 1 N–H and O–H groups in total. The second kappa shape index (κ2) is 7.50. The van der Waals surface area contributed by atoms with Crippen molar-refractivity contribution in [1.82, 2.24) is 9.88 Å². The van der Waals surface area contributed by atoms with E-state index in [1.54, 1.807) is 24.5 Å². The molecule has 0 saturated heterocycles. The minimum Gasteiger partial charge on any atom is -0.481 e. The van der Waals surface area contributed by atoms with E-state index in [-0.39, 0.29) is 12.2 Å². The molecular formula is C16H17FN2O2. The quantitative estimate of drug-likeness (QED) is 0.851. The van der Waals surface area contributed by atoms with Crippen LogP contribution in [0.1, 0.15) is 17.5 Å². The van der Waals surface area contributed by atoms with Crippen molar-refractivity contribution in [3.8, 4) is 0 Å². The van der Waals surface area contributed by atoms with E-state index in [0.29, 0.717) is 19.6 Å². The Kier molecular flexibility index (Phi) is 5.40. The Morgan fingerprint density at radius 1 is 1.14 bits per heavy atom. The lowest BCUT2D eigenvalue weighted by Crippen LogP contribution is -2.25. The number of hydrogen-bond acceptors (Lipinski definition) is 3. The summed E-state index contributed by atoms with van der Waals surface area (Å²) < 4.78 is 12.9. The smallest absolute Gasteiger partial charge is 0.304 e. The summed E-state index contributed by atoms with van der Waals surface area (Å²) in [7, 11) is 0. The average molecular weight is 288 g/mol. The number of benzene rings is 1. The third kappa shape index (κ3) is 5.31. The van der Waals surface area contributed by atoms with Crippen LogP contribution < -0.4 is 0 Å². The first-order valence-corrected chi connectivity index (χ1v) is 6.71. The highest BCUT2D eigenvalue weighted by Crippen LogP contribution is 2.11. The molecule has 0 aliphatic rings. The minimum atomic E-state index is -0.828. The van der Waals surface area contributed by atoms with E-state index in [1.165, 1.54) is 12.1 Å². The Balaban J connectivity index is 2.04. The molecular weight excluding hydrogens is 271 g/mol. The maximum Gasteiger partial charge on any atom is 0.304 e. The van der Waals surface area contributed by atoms with Crippen molar-refractivity contribution in [2.24, 2.45) is 0 Å². The topological polar surface area (TPSA) is 53.4 Å². The molecule has 21 heavy (non-hydrogen) atoms. The standard InChI is InChI=1S/C16H17FN2O2/c17-15-5-3-13(4-6-15)11-19(9-7-16(20)21)12-14-2-1-8-18-10-14/h1-6,8,10H,7,9,11-12H2,(H,20,21). The highest BCUT2D eigenvalue weighted by Gasteiger charge is 2.09. The monoisotopic (exact) mass is 288 g/mol. The van der Waals surface area contributed by atoms with Gasteiger partial charge in [-0.2, -0.15) is 0 Å². The van der Waals surface area contributed by atoms with E-state index in [1.807, 2.05) is 17.0 Å². The molecule has 5 heteroatoms. The Morgan fingerprint density at radius 2 is 1.86 bits per heavy atom. The van der Waals surface area contributed by atoms with E-state index in [9.17, 15) is 9.18 Å². The first kappa shape index (κ1) is 15.1. The molecule has 1 aromatic carbocycles. The molecule has 1 heterocycles. The van der Waals surface area contributed by atoms with Crippen molar-refractivity contribution in [2.75, 3.05) is 6.54 Å². The van der Waals surface area contributed by atoms with Gasteiger partial charge in [0.2, 0.25) is 0 Å². The van der Waals surface area contributed by atoms with E-state index in [0.717, 1.165) is 11.1 Å². The number of halogens is 1. The number of carbonyl (C=O) groups is 1. The zero-order chi connectivity index (χ0) is 15.1. The second-order valence-corrected chi connectivity index (χ2v) is 4.84. The van der Waals surface area contributed by atoms with Crippen LogP contribution in [-0.4, -0.2) is 27.5 Å². The third-order valence-electron chi connectivity index (χ3n) is 3.09. The normalized spacial score (nSPS) is 10.8. The molecule has 0 bridgehead atoms. The van der Waals surface area contributed by atoms with Crippen molar-refractivity contribution >= 4 is 5.97 Å². The number of rotatable bonds is 7. The van der Waals surface area contributed by atoms with Gasteiger partial charge in [-0.15, -0.1) is 0 Å². The number of nitrogens with zero attached hydrogens (tertiary/aromatic N) is 2. The number of hydrogen-bond donors (Lipinski definition) is 1. The Labute approximate surface area is 122 Å². The van der Waals surface area contributed by atoms with Crippen LogP contribution in [0.25, 0.3) is 0 Å². The number of pyridine rings is 1. The van der Waals surface area contributed by atoms with Gasteiger partial charge in [-0.3, -0.25) is 14.7 Å². The summed E-state index contributed by atoms with van der Waals surface area (Å²) >= 11 is 0. The Hall–Kier alpha value is -2.27. The molecule has 4 nitrogen and oxygen atoms in total. The van der Waals surface area contributed by atoms with Gasteiger partial charge < -0.3 is 5.11 Å². The number of aliphatic carboxylic acids is 1. The van der Waals surface area contributed by atoms with Crippen LogP contribution in [0.5, 0.6) is 0 Å². The summed E-state index contributed by atoms with van der Waals surface area (Å²) in [4.78, 5) is 16.8. The van der Waals surface area contributed by atoms with Gasteiger partial charge in [-0.05, 0) is 29.3 Å². The Morgan fingerprint density at radius 3 is 2.48 bits per heavy atom. The molecule has 0 unspecified atom stereocenters. The second-order valence-electron chi connectivity index (χ2n) is 4.84. The molecule has 0 amide bonds. The molecule has 0 spiro atoms. The van der Waals surface area contributed by atoms with Crippen LogP contribution in [0.4, 0.5) is 4.39 Å². The van der Waals surface area contributed by atoms with Crippen LogP contribution in [0.15, 0.2) is 48.8 Å². The van der Waals surface area contributed by atoms with Crippen LogP contribution in [0.3, 0.4) is 0 Å². The number of carboxylic acids is 1. The highest BCUT2D eigenvalue weighted by molar-refractivity contribution is 5.66. The van der Waals surface area contributed by atoms with Crippen LogP contribution in [-0.2, 0) is 17.9 Å². The van der Waals surface area contributed by atoms with Crippen LogP contribution >= 0.6 is 0 Å². The molecule has 2 rings (SSSR count). The lowest BCUT2D eigenvalue weighted by molar-refractivity contribution is -0.137. The summed E-state index contributed by atoms with van der Waals surface area (Å²) in [6.45, 7) is 1.61. The van der Waals surface area contributed by atoms with Crippen molar-refractivity contribution in [3.63, 3.8) is 0 Å². The molecule has 0 saturated carbocycles. The predicted octanol–water partition coefficient (Wildman–Crippen LogP) is 2.70. The first-order valence-electron chi connectivity index (χ1n) is 6.71. The fraction of sp³-hybridized carbons (Fsp3) is 0.250. The maximum absolute atomic E-state index is 12.9. The Bertz CT molecular complexity index is 573. The van der Waals surface area contributed by atoms with Crippen LogP contribution in [0, 0.1) is 5.82 Å². The molecule has 0 radical (unpaired) electrons.